The van der Waals surface area contributed by atoms with Crippen molar-refractivity contribution in [3.63, 3.8) is 0 Å². The highest BCUT2D eigenvalue weighted by atomic mass is 16.5. The van der Waals surface area contributed by atoms with Gasteiger partial charge in [-0.1, -0.05) is 65.8 Å². The first kappa shape index (κ1) is 24.9. The average molecular weight is 425 g/mol. The molecule has 0 unspecified atom stereocenters. The van der Waals surface area contributed by atoms with Crippen LogP contribution >= 0.6 is 0 Å². The summed E-state index contributed by atoms with van der Waals surface area (Å²) in [4.78, 5) is 12.0. The fraction of sp³-hybridized carbons (Fsp3) is 0.519. The van der Waals surface area contributed by atoms with E-state index >= 15 is 0 Å². The van der Waals surface area contributed by atoms with Gasteiger partial charge in [0.05, 0.1) is 6.61 Å². The van der Waals surface area contributed by atoms with Crippen molar-refractivity contribution in [2.75, 3.05) is 18.5 Å². The lowest BCUT2D eigenvalue weighted by Crippen LogP contribution is -2.21. The minimum atomic E-state index is -0.405. The van der Waals surface area contributed by atoms with Crippen LogP contribution in [0.15, 0.2) is 36.4 Å². The predicted octanol–water partition coefficient (Wildman–Crippen LogP) is 6.63. The van der Waals surface area contributed by atoms with E-state index in [0.29, 0.717) is 6.61 Å². The Morgan fingerprint density at radius 2 is 1.39 bits per heavy atom. The van der Waals surface area contributed by atoms with Gasteiger partial charge in [-0.25, -0.2) is 4.79 Å². The molecule has 2 aromatic carbocycles. The quantitative estimate of drug-likeness (QED) is 0.491. The Kier molecular flexibility index (Phi) is 8.30. The first-order valence-electron chi connectivity index (χ1n) is 11.2. The van der Waals surface area contributed by atoms with E-state index < -0.39 is 6.09 Å². The van der Waals surface area contributed by atoms with E-state index in [0.717, 1.165) is 36.3 Å². The lowest BCUT2D eigenvalue weighted by molar-refractivity contribution is 0.160. The molecular formula is C27H40N2O2. The van der Waals surface area contributed by atoms with E-state index in [9.17, 15) is 4.79 Å². The summed E-state index contributed by atoms with van der Waals surface area (Å²) < 4.78 is 5.32. The van der Waals surface area contributed by atoms with Gasteiger partial charge in [-0.2, -0.15) is 0 Å². The number of carbonyl (C=O) groups is 1. The number of carbonyl (C=O) groups excluding carboxylic acids is 1. The molecule has 2 aromatic rings. The van der Waals surface area contributed by atoms with Crippen molar-refractivity contribution in [3.05, 3.63) is 64.2 Å². The predicted molar refractivity (Wildman–Crippen MR) is 131 cm³/mol. The number of anilines is 1. The van der Waals surface area contributed by atoms with Crippen LogP contribution in [0.4, 0.5) is 10.5 Å². The van der Waals surface area contributed by atoms with E-state index in [2.05, 4.69) is 76.4 Å². The molecule has 0 radical (unpaired) electrons. The van der Waals surface area contributed by atoms with Crippen molar-refractivity contribution in [2.24, 2.45) is 0 Å². The summed E-state index contributed by atoms with van der Waals surface area (Å²) in [7, 11) is 0. The second kappa shape index (κ2) is 10.3. The molecule has 0 spiro atoms. The van der Waals surface area contributed by atoms with Crippen molar-refractivity contribution in [1.82, 2.24) is 5.32 Å². The van der Waals surface area contributed by atoms with Gasteiger partial charge in [0.2, 0.25) is 0 Å². The maximum Gasteiger partial charge on any atom is 0.411 e. The van der Waals surface area contributed by atoms with Crippen LogP contribution in [0.1, 0.15) is 75.8 Å². The van der Waals surface area contributed by atoms with Crippen LogP contribution in [-0.2, 0) is 22.1 Å². The number of aryl methyl sites for hydroxylation is 2. The van der Waals surface area contributed by atoms with Crippen molar-refractivity contribution in [3.8, 4) is 0 Å². The third-order valence-corrected chi connectivity index (χ3v) is 5.25. The largest absolute Gasteiger partial charge is 0.449 e. The highest BCUT2D eigenvalue weighted by Crippen LogP contribution is 2.30. The van der Waals surface area contributed by atoms with E-state index in [1.165, 1.54) is 16.7 Å². The van der Waals surface area contributed by atoms with Gasteiger partial charge in [0.15, 0.2) is 0 Å². The van der Waals surface area contributed by atoms with Crippen LogP contribution in [0.3, 0.4) is 0 Å². The van der Waals surface area contributed by atoms with Gasteiger partial charge in [-0.3, -0.25) is 5.32 Å². The maximum absolute atomic E-state index is 12.0. The zero-order valence-electron chi connectivity index (χ0n) is 20.6. The highest BCUT2D eigenvalue weighted by Gasteiger charge is 2.20. The van der Waals surface area contributed by atoms with Gasteiger partial charge in [-0.05, 0) is 77.6 Å². The summed E-state index contributed by atoms with van der Waals surface area (Å²) in [6, 6.07) is 12.9. The third-order valence-electron chi connectivity index (χ3n) is 5.25. The molecule has 0 aliphatic carbocycles. The number of benzene rings is 2. The second-order valence-corrected chi connectivity index (χ2v) is 10.6. The minimum Gasteiger partial charge on any atom is -0.449 e. The zero-order valence-corrected chi connectivity index (χ0v) is 20.6. The molecule has 2 rings (SSSR count). The summed E-state index contributed by atoms with van der Waals surface area (Å²) in [5.74, 6) is 0. The molecule has 1 amide bonds. The molecule has 0 aliphatic rings. The first-order chi connectivity index (χ1) is 14.3. The van der Waals surface area contributed by atoms with Gasteiger partial charge < -0.3 is 10.1 Å². The molecule has 0 saturated heterocycles. The van der Waals surface area contributed by atoms with Gasteiger partial charge in [0.25, 0.3) is 0 Å². The Bertz CT molecular complexity index is 837. The van der Waals surface area contributed by atoms with Gasteiger partial charge in [-0.15, -0.1) is 0 Å². The molecule has 170 valence electrons. The third kappa shape index (κ3) is 8.37. The fourth-order valence-electron chi connectivity index (χ4n) is 3.46. The van der Waals surface area contributed by atoms with E-state index in [1.54, 1.807) is 0 Å². The first-order valence-corrected chi connectivity index (χ1v) is 11.2. The molecule has 4 nitrogen and oxygen atoms in total. The Balaban J connectivity index is 1.80. The summed E-state index contributed by atoms with van der Waals surface area (Å²) in [6.45, 7) is 19.5. The standard InChI is InChI=1S/C27H40N2O2/c1-19-12-20(2)14-24(13-19)29-25(30)31-11-9-10-28-18-21-15-22(26(3,4)5)17-23(16-21)27(6,7)8/h12-17,28H,9-11,18H2,1-8H3,(H,29,30). The monoisotopic (exact) mass is 424 g/mol. The van der Waals surface area contributed by atoms with Gasteiger partial charge >= 0.3 is 6.09 Å². The molecular weight excluding hydrogens is 384 g/mol. The van der Waals surface area contributed by atoms with Gasteiger partial charge in [0.1, 0.15) is 0 Å². The van der Waals surface area contributed by atoms with Gasteiger partial charge in [0, 0.05) is 12.2 Å². The number of nitrogens with one attached hydrogen (secondary N) is 2. The maximum atomic E-state index is 12.0. The minimum absolute atomic E-state index is 0.118. The summed E-state index contributed by atoms with van der Waals surface area (Å²) in [5.41, 5.74) is 7.26. The van der Waals surface area contributed by atoms with Crippen LogP contribution in [0.2, 0.25) is 0 Å². The second-order valence-electron chi connectivity index (χ2n) is 10.6. The summed E-state index contributed by atoms with van der Waals surface area (Å²) >= 11 is 0. The molecule has 0 fully saturated rings. The normalized spacial score (nSPS) is 12.0. The van der Waals surface area contributed by atoms with Crippen LogP contribution in [0.5, 0.6) is 0 Å². The molecule has 0 bridgehead atoms. The lowest BCUT2D eigenvalue weighted by atomic mass is 9.79. The van der Waals surface area contributed by atoms with Crippen molar-refractivity contribution in [1.29, 1.82) is 0 Å². The molecule has 0 atom stereocenters. The van der Waals surface area contributed by atoms with Crippen molar-refractivity contribution >= 4 is 11.8 Å². The number of amides is 1. The molecule has 0 aliphatic heterocycles. The Labute approximate surface area is 188 Å². The average Bonchev–Trinajstić information content (AvgIpc) is 2.62. The van der Waals surface area contributed by atoms with Crippen LogP contribution in [0.25, 0.3) is 0 Å². The number of hydrogen-bond acceptors (Lipinski definition) is 3. The van der Waals surface area contributed by atoms with Crippen LogP contribution in [0, 0.1) is 13.8 Å². The van der Waals surface area contributed by atoms with Crippen molar-refractivity contribution < 1.29 is 9.53 Å². The number of rotatable bonds is 7. The lowest BCUT2D eigenvalue weighted by Gasteiger charge is -2.26. The summed E-state index contributed by atoms with van der Waals surface area (Å²) in [5, 5.41) is 6.29. The number of ether oxygens (including phenoxy) is 1. The van der Waals surface area contributed by atoms with Crippen molar-refractivity contribution in [2.45, 2.75) is 79.2 Å². The van der Waals surface area contributed by atoms with E-state index in [1.807, 2.05) is 26.0 Å². The molecule has 0 saturated carbocycles. The smallest absolute Gasteiger partial charge is 0.411 e. The Morgan fingerprint density at radius 1 is 0.839 bits per heavy atom. The Morgan fingerprint density at radius 3 is 1.90 bits per heavy atom. The SMILES string of the molecule is Cc1cc(C)cc(NC(=O)OCCCNCc2cc(C(C)(C)C)cc(C(C)(C)C)c2)c1. The molecule has 0 heterocycles. The fourth-order valence-corrected chi connectivity index (χ4v) is 3.46. The topological polar surface area (TPSA) is 50.4 Å². The van der Waals surface area contributed by atoms with Crippen LogP contribution in [-0.4, -0.2) is 19.2 Å². The molecule has 0 aromatic heterocycles. The summed E-state index contributed by atoms with van der Waals surface area (Å²) in [6.07, 6.45) is 0.364. The Hall–Kier alpha value is -2.33. The molecule has 4 heteroatoms. The molecule has 2 N–H and O–H groups in total. The van der Waals surface area contributed by atoms with E-state index in [-0.39, 0.29) is 10.8 Å². The number of hydrogen-bond donors (Lipinski definition) is 2. The zero-order chi connectivity index (χ0) is 23.2. The van der Waals surface area contributed by atoms with E-state index in [4.69, 9.17) is 4.74 Å². The van der Waals surface area contributed by atoms with Crippen LogP contribution < -0.4 is 10.6 Å². The highest BCUT2D eigenvalue weighted by molar-refractivity contribution is 5.84. The molecule has 31 heavy (non-hydrogen) atoms.